The molecule has 0 amide bonds. The van der Waals surface area contributed by atoms with Gasteiger partial charge in [-0.1, -0.05) is 24.6 Å². The van der Waals surface area contributed by atoms with Crippen LogP contribution in [0.1, 0.15) is 29.4 Å². The zero-order valence-electron chi connectivity index (χ0n) is 15.1. The molecule has 2 aromatic heterocycles. The smallest absolute Gasteiger partial charge is 0.291 e. The summed E-state index contributed by atoms with van der Waals surface area (Å²) < 4.78 is 1.17. The first kappa shape index (κ1) is 17.5. The molecule has 3 rings (SSSR count). The van der Waals surface area contributed by atoms with Crippen molar-refractivity contribution in [2.75, 3.05) is 0 Å². The van der Waals surface area contributed by atoms with Gasteiger partial charge in [-0.2, -0.15) is 9.80 Å². The Morgan fingerprint density at radius 1 is 1.08 bits per heavy atom. The van der Waals surface area contributed by atoms with Crippen molar-refractivity contribution < 1.29 is 0 Å². The highest BCUT2D eigenvalue weighted by atomic mass is 16.1. The second-order valence-electron chi connectivity index (χ2n) is 6.07. The first-order valence-electron chi connectivity index (χ1n) is 8.31. The van der Waals surface area contributed by atoms with Crippen molar-refractivity contribution >= 4 is 11.4 Å². The Morgan fingerprint density at radius 2 is 1.77 bits per heavy atom. The number of hydrogen-bond donors (Lipinski definition) is 2. The quantitative estimate of drug-likeness (QED) is 0.704. The Hall–Kier alpha value is -3.29. The molecule has 0 aliphatic rings. The van der Waals surface area contributed by atoms with Crippen LogP contribution >= 0.6 is 0 Å². The summed E-state index contributed by atoms with van der Waals surface area (Å²) in [5.74, 6) is 0.134. The third-order valence-corrected chi connectivity index (χ3v) is 4.11. The molecule has 0 spiro atoms. The van der Waals surface area contributed by atoms with Gasteiger partial charge in [0.2, 0.25) is 5.95 Å². The molecular weight excluding hydrogens is 332 g/mol. The first-order chi connectivity index (χ1) is 12.4. The minimum absolute atomic E-state index is 0.134. The minimum Gasteiger partial charge on any atom is -0.291 e. The number of azo groups is 1. The molecule has 0 unspecified atom stereocenters. The zero-order valence-corrected chi connectivity index (χ0v) is 15.1. The number of nitrogens with one attached hydrogen (secondary N) is 2. The Kier molecular flexibility index (Phi) is 4.66. The van der Waals surface area contributed by atoms with Crippen molar-refractivity contribution in [3.05, 3.63) is 67.5 Å². The number of benzene rings is 1. The Balaban J connectivity index is 2.02. The van der Waals surface area contributed by atoms with E-state index in [1.54, 1.807) is 13.8 Å². The van der Waals surface area contributed by atoms with Gasteiger partial charge in [0.1, 0.15) is 0 Å². The molecule has 0 aliphatic carbocycles. The van der Waals surface area contributed by atoms with Gasteiger partial charge in [-0.15, -0.1) is 5.11 Å². The van der Waals surface area contributed by atoms with E-state index in [2.05, 4.69) is 25.3 Å². The normalized spacial score (nSPS) is 11.4. The summed E-state index contributed by atoms with van der Waals surface area (Å²) in [5, 5.41) is 11.1. The molecule has 0 saturated carbocycles. The second kappa shape index (κ2) is 6.91. The number of aromatic amines is 2. The van der Waals surface area contributed by atoms with Crippen LogP contribution in [0.3, 0.4) is 0 Å². The van der Waals surface area contributed by atoms with Crippen LogP contribution < -0.4 is 11.1 Å². The van der Waals surface area contributed by atoms with Gasteiger partial charge < -0.3 is 0 Å². The van der Waals surface area contributed by atoms with Gasteiger partial charge in [0.15, 0.2) is 5.69 Å². The summed E-state index contributed by atoms with van der Waals surface area (Å²) in [6, 6.07) is 7.49. The van der Waals surface area contributed by atoms with Crippen LogP contribution in [0.2, 0.25) is 0 Å². The number of rotatable bonds is 4. The zero-order chi connectivity index (χ0) is 18.8. The first-order valence-corrected chi connectivity index (χ1v) is 8.31. The monoisotopic (exact) mass is 352 g/mol. The van der Waals surface area contributed by atoms with E-state index < -0.39 is 5.56 Å². The van der Waals surface area contributed by atoms with E-state index in [1.165, 1.54) is 4.68 Å². The van der Waals surface area contributed by atoms with E-state index in [9.17, 15) is 9.59 Å². The predicted octanol–water partition coefficient (Wildman–Crippen LogP) is 3.15. The van der Waals surface area contributed by atoms with E-state index in [0.29, 0.717) is 29.1 Å². The van der Waals surface area contributed by atoms with E-state index in [4.69, 9.17) is 0 Å². The highest BCUT2D eigenvalue weighted by Gasteiger charge is 2.15. The number of aryl methyl sites for hydroxylation is 3. The summed E-state index contributed by atoms with van der Waals surface area (Å²) >= 11 is 0. The maximum atomic E-state index is 12.7. The number of hydrogen-bond acceptors (Lipinski definition) is 5. The largest absolute Gasteiger partial charge is 0.301 e. The lowest BCUT2D eigenvalue weighted by molar-refractivity contribution is 0.755. The Morgan fingerprint density at radius 3 is 2.38 bits per heavy atom. The molecule has 0 bridgehead atoms. The third-order valence-electron chi connectivity index (χ3n) is 4.11. The van der Waals surface area contributed by atoms with E-state index >= 15 is 0 Å². The molecule has 0 radical (unpaired) electrons. The van der Waals surface area contributed by atoms with Crippen molar-refractivity contribution in [3.8, 4) is 5.95 Å². The molecule has 0 saturated heterocycles. The second-order valence-corrected chi connectivity index (χ2v) is 6.07. The predicted molar refractivity (Wildman–Crippen MR) is 99.0 cm³/mol. The molecule has 0 fully saturated rings. The maximum absolute atomic E-state index is 12.7. The van der Waals surface area contributed by atoms with Gasteiger partial charge >= 0.3 is 5.56 Å². The Labute approximate surface area is 149 Å². The molecule has 1 aromatic carbocycles. The lowest BCUT2D eigenvalue weighted by Gasteiger charge is -2.05. The fourth-order valence-corrected chi connectivity index (χ4v) is 2.64. The average molecular weight is 352 g/mol. The maximum Gasteiger partial charge on any atom is 0.301 e. The van der Waals surface area contributed by atoms with Crippen LogP contribution in [0.15, 0.2) is 44.1 Å². The van der Waals surface area contributed by atoms with Crippen molar-refractivity contribution in [2.45, 2.75) is 34.1 Å². The van der Waals surface area contributed by atoms with Gasteiger partial charge in [-0.05, 0) is 39.3 Å². The molecule has 8 heteroatoms. The van der Waals surface area contributed by atoms with Crippen LogP contribution in [0.5, 0.6) is 0 Å². The lowest BCUT2D eigenvalue weighted by Crippen LogP contribution is -2.24. The number of nitrogens with zero attached hydrogens (tertiary/aromatic N) is 4. The molecular formula is C18H20N6O2. The van der Waals surface area contributed by atoms with Crippen LogP contribution in [0.4, 0.5) is 11.4 Å². The van der Waals surface area contributed by atoms with Gasteiger partial charge in [-0.25, -0.2) is 4.98 Å². The molecule has 2 N–H and O–H groups in total. The summed E-state index contributed by atoms with van der Waals surface area (Å²) in [4.78, 5) is 31.8. The topological polar surface area (TPSA) is 108 Å². The highest BCUT2D eigenvalue weighted by Crippen LogP contribution is 2.18. The molecule has 3 aromatic rings. The average Bonchev–Trinajstić information content (AvgIpc) is 2.88. The molecule has 0 atom stereocenters. The van der Waals surface area contributed by atoms with Crippen LogP contribution in [0, 0.1) is 20.8 Å². The van der Waals surface area contributed by atoms with Crippen molar-refractivity contribution in [3.63, 3.8) is 0 Å². The third kappa shape index (κ3) is 3.26. The van der Waals surface area contributed by atoms with Crippen molar-refractivity contribution in [1.29, 1.82) is 0 Å². The highest BCUT2D eigenvalue weighted by molar-refractivity contribution is 5.43. The van der Waals surface area contributed by atoms with Crippen LogP contribution in [-0.4, -0.2) is 19.7 Å². The molecule has 0 aliphatic heterocycles. The number of aromatic nitrogens is 4. The fraction of sp³-hybridized carbons (Fsp3) is 0.278. The SMILES string of the molecule is CCc1c(C)nc(-n2[nH]c(C)c(N=Nc3ccc(C)cc3)c2=O)[nH]c1=O. The lowest BCUT2D eigenvalue weighted by atomic mass is 10.2. The molecule has 8 nitrogen and oxygen atoms in total. The summed E-state index contributed by atoms with van der Waals surface area (Å²) in [6.07, 6.45) is 0.573. The van der Waals surface area contributed by atoms with Crippen LogP contribution in [0.25, 0.3) is 5.95 Å². The number of H-pyrrole nitrogens is 2. The van der Waals surface area contributed by atoms with E-state index in [-0.39, 0.29) is 17.2 Å². The van der Waals surface area contributed by atoms with E-state index in [0.717, 1.165) is 5.56 Å². The van der Waals surface area contributed by atoms with Crippen LogP contribution in [-0.2, 0) is 6.42 Å². The van der Waals surface area contributed by atoms with Crippen molar-refractivity contribution in [2.24, 2.45) is 10.2 Å². The standard InChI is InChI=1S/C18H20N6O2/c1-5-14-11(3)19-18(20-16(14)25)24-17(26)15(12(4)23-24)22-21-13-8-6-10(2)7-9-13/h6-9,23H,5H2,1-4H3,(H,19,20,25). The van der Waals surface area contributed by atoms with Gasteiger partial charge in [-0.3, -0.25) is 19.7 Å². The Bertz CT molecular complexity index is 1090. The molecule has 26 heavy (non-hydrogen) atoms. The minimum atomic E-state index is -0.426. The van der Waals surface area contributed by atoms with E-state index in [1.807, 2.05) is 38.1 Å². The van der Waals surface area contributed by atoms with Gasteiger partial charge in [0.25, 0.3) is 5.56 Å². The molecule has 134 valence electrons. The van der Waals surface area contributed by atoms with Gasteiger partial charge in [0, 0.05) is 11.3 Å². The van der Waals surface area contributed by atoms with Gasteiger partial charge in [0.05, 0.1) is 11.4 Å². The van der Waals surface area contributed by atoms with Crippen molar-refractivity contribution in [1.82, 2.24) is 19.7 Å². The fourth-order valence-electron chi connectivity index (χ4n) is 2.64. The summed E-state index contributed by atoms with van der Waals surface area (Å²) in [6.45, 7) is 7.33. The summed E-state index contributed by atoms with van der Waals surface area (Å²) in [7, 11) is 0. The summed E-state index contributed by atoms with van der Waals surface area (Å²) in [5.41, 5.74) is 2.98. The molecule has 2 heterocycles.